The zero-order chi connectivity index (χ0) is 25.0. The van der Waals surface area contributed by atoms with Gasteiger partial charge in [-0.25, -0.2) is 4.79 Å². The van der Waals surface area contributed by atoms with Crippen LogP contribution in [0.25, 0.3) is 0 Å². The second kappa shape index (κ2) is 13.1. The summed E-state index contributed by atoms with van der Waals surface area (Å²) in [5.41, 5.74) is -1.59. The van der Waals surface area contributed by atoms with Gasteiger partial charge in [-0.3, -0.25) is 9.59 Å². The number of hydrogen-bond donors (Lipinski definition) is 0. The van der Waals surface area contributed by atoms with Crippen LogP contribution in [0.1, 0.15) is 46.5 Å². The van der Waals surface area contributed by atoms with Gasteiger partial charge >= 0.3 is 17.9 Å². The molecule has 0 spiro atoms. The monoisotopic (exact) mass is 464 g/mol. The molecule has 1 unspecified atom stereocenters. The second-order valence-corrected chi connectivity index (χ2v) is 13.5. The lowest BCUT2D eigenvalue weighted by Crippen LogP contribution is -2.43. The van der Waals surface area contributed by atoms with E-state index in [4.69, 9.17) is 13.9 Å². The summed E-state index contributed by atoms with van der Waals surface area (Å²) in [4.78, 5) is 36.1. The van der Waals surface area contributed by atoms with Crippen molar-refractivity contribution < 1.29 is 33.0 Å². The molecule has 0 N–H and O–H groups in total. The van der Waals surface area contributed by atoms with Crippen LogP contribution in [0, 0.1) is 29.1 Å². The fourth-order valence-electron chi connectivity index (χ4n) is 2.50. The minimum atomic E-state index is -2.17. The lowest BCUT2D eigenvalue weighted by atomic mass is 9.81. The van der Waals surface area contributed by atoms with Crippen LogP contribution < -0.4 is 0 Å². The zero-order valence-electron chi connectivity index (χ0n) is 20.5. The molecule has 0 aliphatic rings. The van der Waals surface area contributed by atoms with E-state index in [-0.39, 0.29) is 17.9 Å². The van der Waals surface area contributed by atoms with Crippen molar-refractivity contribution in [1.29, 1.82) is 0 Å². The predicted octanol–water partition coefficient (Wildman–Crippen LogP) is 3.64. The van der Waals surface area contributed by atoms with E-state index in [1.165, 1.54) is 27.4 Å². The molecule has 178 valence electrons. The maximum absolute atomic E-state index is 12.4. The van der Waals surface area contributed by atoms with Crippen LogP contribution in [0.5, 0.6) is 0 Å². The number of ether oxygens (including phenoxy) is 3. The highest BCUT2D eigenvalue weighted by molar-refractivity contribution is 6.74. The van der Waals surface area contributed by atoms with Gasteiger partial charge in [-0.05, 0) is 31.0 Å². The molecule has 0 bridgehead atoms. The molecule has 0 aliphatic heterocycles. The zero-order valence-corrected chi connectivity index (χ0v) is 21.5. The Morgan fingerprint density at radius 2 is 1.56 bits per heavy atom. The molecule has 7 nitrogen and oxygen atoms in total. The highest BCUT2D eigenvalue weighted by Gasteiger charge is 2.47. The maximum atomic E-state index is 12.4. The van der Waals surface area contributed by atoms with Gasteiger partial charge in [0.05, 0.1) is 21.3 Å². The summed E-state index contributed by atoms with van der Waals surface area (Å²) in [5.74, 6) is 9.05. The summed E-state index contributed by atoms with van der Waals surface area (Å²) in [6.07, 6.45) is 1.72. The highest BCUT2D eigenvalue weighted by atomic mass is 28.4. The Balaban J connectivity index is 5.88. The summed E-state index contributed by atoms with van der Waals surface area (Å²) in [6, 6.07) is 0. The Labute approximate surface area is 193 Å². The van der Waals surface area contributed by atoms with E-state index < -0.39 is 37.7 Å². The van der Waals surface area contributed by atoms with Crippen molar-refractivity contribution in [2.75, 3.05) is 21.3 Å². The van der Waals surface area contributed by atoms with E-state index in [1.54, 1.807) is 0 Å². The number of methoxy groups -OCH3 is 3. The maximum Gasteiger partial charge on any atom is 0.384 e. The van der Waals surface area contributed by atoms with Crippen LogP contribution in [-0.2, 0) is 33.0 Å². The van der Waals surface area contributed by atoms with E-state index in [2.05, 4.69) is 68.9 Å². The molecule has 0 saturated heterocycles. The van der Waals surface area contributed by atoms with Gasteiger partial charge in [0.2, 0.25) is 0 Å². The van der Waals surface area contributed by atoms with Crippen molar-refractivity contribution in [2.45, 2.75) is 70.7 Å². The van der Waals surface area contributed by atoms with Crippen LogP contribution in [0.15, 0.2) is 12.7 Å². The first-order valence-electron chi connectivity index (χ1n) is 10.3. The summed E-state index contributed by atoms with van der Waals surface area (Å²) in [5, 5.41) is -0.0464. The van der Waals surface area contributed by atoms with Gasteiger partial charge in [0.25, 0.3) is 0 Å². The molecule has 0 amide bonds. The number of esters is 3. The first kappa shape index (κ1) is 29.4. The first-order valence-corrected chi connectivity index (χ1v) is 13.2. The molecule has 32 heavy (non-hydrogen) atoms. The average Bonchev–Trinajstić information content (AvgIpc) is 2.73. The SMILES string of the molecule is C=CCC(CC#CC(CCC#CC(=O)OC)O[Si](C)(C)C(C)(C)C)(C(=O)OC)C(=O)OC. The van der Waals surface area contributed by atoms with Crippen molar-refractivity contribution in [3.8, 4) is 23.7 Å². The van der Waals surface area contributed by atoms with Crippen molar-refractivity contribution in [2.24, 2.45) is 5.41 Å². The summed E-state index contributed by atoms with van der Waals surface area (Å²) >= 11 is 0. The van der Waals surface area contributed by atoms with Crippen molar-refractivity contribution >= 4 is 26.2 Å². The van der Waals surface area contributed by atoms with Gasteiger partial charge in [0, 0.05) is 18.8 Å². The molecule has 0 saturated carbocycles. The van der Waals surface area contributed by atoms with Crippen LogP contribution in [0.2, 0.25) is 18.1 Å². The lowest BCUT2D eigenvalue weighted by Gasteiger charge is -2.38. The topological polar surface area (TPSA) is 88.1 Å². The number of carbonyl (C=O) groups excluding carboxylic acids is 3. The molecule has 1 atom stereocenters. The summed E-state index contributed by atoms with van der Waals surface area (Å²) < 4.78 is 20.6. The highest BCUT2D eigenvalue weighted by Crippen LogP contribution is 2.37. The van der Waals surface area contributed by atoms with E-state index in [9.17, 15) is 14.4 Å². The summed E-state index contributed by atoms with van der Waals surface area (Å²) in [7, 11) is 1.52. The van der Waals surface area contributed by atoms with Gasteiger partial charge in [-0.1, -0.05) is 44.6 Å². The Bertz CT molecular complexity index is 784. The van der Waals surface area contributed by atoms with E-state index in [0.29, 0.717) is 12.8 Å². The van der Waals surface area contributed by atoms with Crippen molar-refractivity contribution in [3.63, 3.8) is 0 Å². The average molecular weight is 465 g/mol. The minimum absolute atomic E-state index is 0.0272. The number of hydrogen-bond acceptors (Lipinski definition) is 7. The Morgan fingerprint density at radius 3 is 2.00 bits per heavy atom. The largest absolute Gasteiger partial charge is 0.468 e. The second-order valence-electron chi connectivity index (χ2n) is 8.75. The molecule has 0 rings (SSSR count). The Hall–Kier alpha value is -2.55. The normalized spacial score (nSPS) is 12.2. The molecule has 8 heteroatoms. The van der Waals surface area contributed by atoms with Gasteiger partial charge in [0.1, 0.15) is 6.10 Å². The van der Waals surface area contributed by atoms with E-state index in [1.807, 2.05) is 0 Å². The number of allylic oxidation sites excluding steroid dienone is 1. The molecule has 0 radical (unpaired) electrons. The van der Waals surface area contributed by atoms with Crippen molar-refractivity contribution in [3.05, 3.63) is 12.7 Å². The predicted molar refractivity (Wildman–Crippen MR) is 125 cm³/mol. The van der Waals surface area contributed by atoms with Gasteiger partial charge in [0.15, 0.2) is 13.7 Å². The van der Waals surface area contributed by atoms with Crippen LogP contribution in [0.3, 0.4) is 0 Å². The molecule has 0 aromatic carbocycles. The quantitative estimate of drug-likeness (QED) is 0.0979. The molecule has 0 aromatic heterocycles. The van der Waals surface area contributed by atoms with Crippen LogP contribution in [-0.4, -0.2) is 53.7 Å². The van der Waals surface area contributed by atoms with Crippen LogP contribution in [0.4, 0.5) is 0 Å². The van der Waals surface area contributed by atoms with Gasteiger partial charge in [-0.15, -0.1) is 6.58 Å². The lowest BCUT2D eigenvalue weighted by molar-refractivity contribution is -0.168. The standard InChI is InChI=1S/C24H36O7Si/c1-10-17-24(21(26)29-6,22(27)30-7)18-13-15-19(14-11-12-16-20(25)28-5)31-32(8,9)23(2,3)4/h10,19H,1,11,14,17-18H2,2-9H3. The van der Waals surface area contributed by atoms with Crippen molar-refractivity contribution in [1.82, 2.24) is 0 Å². The van der Waals surface area contributed by atoms with Crippen LogP contribution >= 0.6 is 0 Å². The number of rotatable bonds is 9. The third-order valence-electron chi connectivity index (χ3n) is 5.45. The molecule has 0 fully saturated rings. The smallest absolute Gasteiger partial charge is 0.384 e. The van der Waals surface area contributed by atoms with E-state index in [0.717, 1.165) is 0 Å². The molecular formula is C24H36O7Si. The fourth-order valence-corrected chi connectivity index (χ4v) is 3.74. The first-order chi connectivity index (χ1) is 14.8. The fraction of sp³-hybridized carbons (Fsp3) is 0.625. The number of carbonyl (C=O) groups is 3. The molecule has 0 heterocycles. The minimum Gasteiger partial charge on any atom is -0.468 e. The Kier molecular flexibility index (Phi) is 12.1. The third kappa shape index (κ3) is 8.53. The Morgan fingerprint density at radius 1 is 1.00 bits per heavy atom. The molecule has 0 aliphatic carbocycles. The van der Waals surface area contributed by atoms with E-state index >= 15 is 0 Å². The third-order valence-corrected chi connectivity index (χ3v) is 9.93. The van der Waals surface area contributed by atoms with Gasteiger partial charge < -0.3 is 18.6 Å². The molecular weight excluding hydrogens is 428 g/mol. The molecule has 0 aromatic rings. The van der Waals surface area contributed by atoms with Gasteiger partial charge in [-0.2, -0.15) is 0 Å². The summed E-state index contributed by atoms with van der Waals surface area (Å²) in [6.45, 7) is 14.2.